The lowest BCUT2D eigenvalue weighted by Gasteiger charge is -2.09. The zero-order chi connectivity index (χ0) is 14.9. The largest absolute Gasteiger partial charge is 0.423 e. The number of hydrogen-bond donors (Lipinski definition) is 1. The van der Waals surface area contributed by atoms with Gasteiger partial charge in [0.1, 0.15) is 5.56 Å². The molecule has 0 aliphatic carbocycles. The summed E-state index contributed by atoms with van der Waals surface area (Å²) >= 11 is 0. The van der Waals surface area contributed by atoms with Crippen molar-refractivity contribution in [2.45, 2.75) is 6.18 Å². The van der Waals surface area contributed by atoms with Crippen molar-refractivity contribution in [3.05, 3.63) is 56.4 Å². The van der Waals surface area contributed by atoms with Crippen LogP contribution in [-0.4, -0.2) is 15.1 Å². The fourth-order valence-corrected chi connectivity index (χ4v) is 1.59. The Kier molecular flexibility index (Phi) is 3.26. The minimum Gasteiger partial charge on any atom is -0.268 e. The lowest BCUT2D eigenvalue weighted by Crippen LogP contribution is -2.10. The van der Waals surface area contributed by atoms with E-state index in [0.29, 0.717) is 6.07 Å². The Morgan fingerprint density at radius 3 is 2.40 bits per heavy atom. The summed E-state index contributed by atoms with van der Waals surface area (Å²) in [6.45, 7) is 0. The lowest BCUT2D eigenvalue weighted by atomic mass is 10.1. The maximum absolute atomic E-state index is 12.8. The molecule has 0 unspecified atom stereocenters. The summed E-state index contributed by atoms with van der Waals surface area (Å²) in [4.78, 5) is 20.3. The minimum atomic E-state index is -4.86. The van der Waals surface area contributed by atoms with Crippen molar-refractivity contribution < 1.29 is 18.1 Å². The van der Waals surface area contributed by atoms with Gasteiger partial charge in [0.2, 0.25) is 0 Å². The lowest BCUT2D eigenvalue weighted by molar-refractivity contribution is -0.388. The highest BCUT2D eigenvalue weighted by atomic mass is 19.4. The standard InChI is InChI=1S/C11H6F3N3O3/c12-11(13,14)7-5-6(1-3-9(7)17(19)20)8-2-4-10(18)16-15-8/h1-5H,(H,16,18). The summed E-state index contributed by atoms with van der Waals surface area (Å²) < 4.78 is 38.4. The normalized spacial score (nSPS) is 11.3. The van der Waals surface area contributed by atoms with E-state index < -0.39 is 27.9 Å². The van der Waals surface area contributed by atoms with Crippen LogP contribution in [0.15, 0.2) is 35.1 Å². The highest BCUT2D eigenvalue weighted by Crippen LogP contribution is 2.38. The summed E-state index contributed by atoms with van der Waals surface area (Å²) in [6, 6.07) is 4.83. The van der Waals surface area contributed by atoms with Crippen molar-refractivity contribution in [3.63, 3.8) is 0 Å². The Hall–Kier alpha value is -2.71. The molecule has 104 valence electrons. The number of H-pyrrole nitrogens is 1. The molecule has 1 aromatic heterocycles. The highest BCUT2D eigenvalue weighted by Gasteiger charge is 2.38. The van der Waals surface area contributed by atoms with E-state index in [4.69, 9.17) is 0 Å². The first-order chi connectivity index (χ1) is 9.29. The number of hydrogen-bond acceptors (Lipinski definition) is 4. The number of halogens is 3. The molecule has 1 heterocycles. The van der Waals surface area contributed by atoms with Gasteiger partial charge in [0.25, 0.3) is 11.2 Å². The minimum absolute atomic E-state index is 0.0131. The second kappa shape index (κ2) is 4.76. The molecule has 1 aromatic carbocycles. The zero-order valence-electron chi connectivity index (χ0n) is 9.64. The molecule has 2 aromatic rings. The van der Waals surface area contributed by atoms with Crippen molar-refractivity contribution >= 4 is 5.69 Å². The number of rotatable bonds is 2. The molecular formula is C11H6F3N3O3. The van der Waals surface area contributed by atoms with Crippen molar-refractivity contribution in [3.8, 4) is 11.3 Å². The third-order valence-corrected chi connectivity index (χ3v) is 2.47. The quantitative estimate of drug-likeness (QED) is 0.677. The van der Waals surface area contributed by atoms with Crippen molar-refractivity contribution in [1.82, 2.24) is 10.2 Å². The van der Waals surface area contributed by atoms with Crippen LogP contribution >= 0.6 is 0 Å². The summed E-state index contributed by atoms with van der Waals surface area (Å²) in [5.41, 5.74) is -2.82. The van der Waals surface area contributed by atoms with E-state index in [1.807, 2.05) is 0 Å². The SMILES string of the molecule is O=c1ccc(-c2ccc([N+](=O)[O-])c(C(F)(F)F)c2)n[nH]1. The van der Waals surface area contributed by atoms with E-state index in [2.05, 4.69) is 10.2 Å². The number of alkyl halides is 3. The van der Waals surface area contributed by atoms with E-state index in [9.17, 15) is 28.1 Å². The van der Waals surface area contributed by atoms with Crippen LogP contribution < -0.4 is 5.56 Å². The predicted molar refractivity (Wildman–Crippen MR) is 62.0 cm³/mol. The van der Waals surface area contributed by atoms with Gasteiger partial charge in [-0.25, -0.2) is 5.10 Å². The van der Waals surface area contributed by atoms with Gasteiger partial charge in [-0.15, -0.1) is 0 Å². The van der Waals surface area contributed by atoms with Crippen LogP contribution in [0.3, 0.4) is 0 Å². The van der Waals surface area contributed by atoms with Crippen LogP contribution in [0, 0.1) is 10.1 Å². The Labute approximate surface area is 109 Å². The first-order valence-corrected chi connectivity index (χ1v) is 5.21. The van der Waals surface area contributed by atoms with Gasteiger partial charge >= 0.3 is 6.18 Å². The van der Waals surface area contributed by atoms with Gasteiger partial charge in [0, 0.05) is 17.7 Å². The molecule has 0 amide bonds. The van der Waals surface area contributed by atoms with Crippen LogP contribution in [0.25, 0.3) is 11.3 Å². The molecule has 6 nitrogen and oxygen atoms in total. The van der Waals surface area contributed by atoms with E-state index in [0.717, 1.165) is 18.2 Å². The second-order valence-electron chi connectivity index (χ2n) is 3.79. The number of benzene rings is 1. The van der Waals surface area contributed by atoms with Crippen LogP contribution in [0.1, 0.15) is 5.56 Å². The molecule has 0 bridgehead atoms. The topological polar surface area (TPSA) is 88.9 Å². The average Bonchev–Trinajstić information content (AvgIpc) is 2.38. The molecule has 0 aliphatic heterocycles. The Morgan fingerprint density at radius 2 is 1.90 bits per heavy atom. The summed E-state index contributed by atoms with van der Waals surface area (Å²) in [7, 11) is 0. The van der Waals surface area contributed by atoms with Crippen molar-refractivity contribution in [2.75, 3.05) is 0 Å². The van der Waals surface area contributed by atoms with E-state index in [1.54, 1.807) is 0 Å². The molecule has 0 radical (unpaired) electrons. The zero-order valence-corrected chi connectivity index (χ0v) is 9.64. The molecule has 0 aliphatic rings. The van der Waals surface area contributed by atoms with Crippen LogP contribution in [0.4, 0.5) is 18.9 Å². The summed E-state index contributed by atoms with van der Waals surface area (Å²) in [5.74, 6) is 0. The highest BCUT2D eigenvalue weighted by molar-refractivity contribution is 5.63. The fraction of sp³-hybridized carbons (Fsp3) is 0.0909. The second-order valence-corrected chi connectivity index (χ2v) is 3.79. The van der Waals surface area contributed by atoms with E-state index in [1.165, 1.54) is 6.07 Å². The van der Waals surface area contributed by atoms with Crippen LogP contribution in [-0.2, 0) is 6.18 Å². The fourth-order valence-electron chi connectivity index (χ4n) is 1.59. The summed E-state index contributed by atoms with van der Waals surface area (Å²) in [5, 5.41) is 16.2. The molecule has 0 saturated heterocycles. The molecule has 0 fully saturated rings. The Bertz CT molecular complexity index is 704. The Morgan fingerprint density at radius 1 is 1.20 bits per heavy atom. The first-order valence-electron chi connectivity index (χ1n) is 5.21. The van der Waals surface area contributed by atoms with Crippen molar-refractivity contribution in [1.29, 1.82) is 0 Å². The molecule has 9 heteroatoms. The molecule has 0 spiro atoms. The van der Waals surface area contributed by atoms with Crippen molar-refractivity contribution in [2.24, 2.45) is 0 Å². The summed E-state index contributed by atoms with van der Waals surface area (Å²) in [6.07, 6.45) is -4.86. The molecule has 0 atom stereocenters. The van der Waals surface area contributed by atoms with Gasteiger partial charge < -0.3 is 0 Å². The third kappa shape index (κ3) is 2.66. The van der Waals surface area contributed by atoms with E-state index >= 15 is 0 Å². The smallest absolute Gasteiger partial charge is 0.268 e. The maximum Gasteiger partial charge on any atom is 0.423 e. The monoisotopic (exact) mass is 285 g/mol. The van der Waals surface area contributed by atoms with Gasteiger partial charge in [-0.2, -0.15) is 18.3 Å². The average molecular weight is 285 g/mol. The molecule has 0 saturated carbocycles. The molecular weight excluding hydrogens is 279 g/mol. The number of aromatic nitrogens is 2. The maximum atomic E-state index is 12.8. The number of nitrogens with one attached hydrogen (secondary N) is 1. The van der Waals surface area contributed by atoms with Gasteiger partial charge in [-0.05, 0) is 18.2 Å². The molecule has 2 rings (SSSR count). The first kappa shape index (κ1) is 13.7. The van der Waals surface area contributed by atoms with Crippen LogP contribution in [0.2, 0.25) is 0 Å². The van der Waals surface area contributed by atoms with Gasteiger partial charge in [-0.1, -0.05) is 0 Å². The molecule has 1 N–H and O–H groups in total. The third-order valence-electron chi connectivity index (χ3n) is 2.47. The number of aromatic amines is 1. The van der Waals surface area contributed by atoms with Gasteiger partial charge in [0.05, 0.1) is 10.6 Å². The Balaban J connectivity index is 2.61. The number of nitro benzene ring substituents is 1. The van der Waals surface area contributed by atoms with Gasteiger partial charge in [0.15, 0.2) is 0 Å². The number of nitrogens with zero attached hydrogens (tertiary/aromatic N) is 2. The number of nitro groups is 1. The predicted octanol–water partition coefficient (Wildman–Crippen LogP) is 2.36. The van der Waals surface area contributed by atoms with Crippen LogP contribution in [0.5, 0.6) is 0 Å². The van der Waals surface area contributed by atoms with E-state index in [-0.39, 0.29) is 11.3 Å². The van der Waals surface area contributed by atoms with Gasteiger partial charge in [-0.3, -0.25) is 14.9 Å². The molecule has 20 heavy (non-hydrogen) atoms.